The van der Waals surface area contributed by atoms with E-state index in [4.69, 9.17) is 14.9 Å². The van der Waals surface area contributed by atoms with Gasteiger partial charge in [0.1, 0.15) is 6.61 Å². The maximum atomic E-state index is 11.4. The van der Waals surface area contributed by atoms with Crippen LogP contribution in [0, 0.1) is 0 Å². The lowest BCUT2D eigenvalue weighted by Crippen LogP contribution is -2.37. The molecule has 3 N–H and O–H groups in total. The average Bonchev–Trinajstić information content (AvgIpc) is 2.42. The van der Waals surface area contributed by atoms with Gasteiger partial charge in [-0.1, -0.05) is 30.3 Å². The number of carbonyl (C=O) groups is 1. The van der Waals surface area contributed by atoms with Crippen molar-refractivity contribution in [1.82, 2.24) is 5.32 Å². The van der Waals surface area contributed by atoms with Crippen LogP contribution in [0.1, 0.15) is 18.4 Å². The molecule has 1 aromatic carbocycles. The highest BCUT2D eigenvalue weighted by Crippen LogP contribution is 2.01. The zero-order chi connectivity index (χ0) is 13.2. The largest absolute Gasteiger partial charge is 0.445 e. The van der Waals surface area contributed by atoms with E-state index in [1.54, 1.807) is 0 Å². The van der Waals surface area contributed by atoms with Crippen molar-refractivity contribution in [3.05, 3.63) is 35.9 Å². The molecular weight excluding hydrogens is 234 g/mol. The predicted octanol–water partition coefficient (Wildman–Crippen LogP) is 1.05. The van der Waals surface area contributed by atoms with Crippen LogP contribution in [0.25, 0.3) is 0 Å². The minimum atomic E-state index is -0.559. The monoisotopic (exact) mass is 253 g/mol. The SMILES string of the molecule is O=C(NC(CO)CCCO)OCc1ccccc1. The topological polar surface area (TPSA) is 78.8 Å². The zero-order valence-corrected chi connectivity index (χ0v) is 10.2. The van der Waals surface area contributed by atoms with Gasteiger partial charge in [0.15, 0.2) is 0 Å². The summed E-state index contributed by atoms with van der Waals surface area (Å²) in [5, 5.41) is 20.3. The second kappa shape index (κ2) is 8.49. The summed E-state index contributed by atoms with van der Waals surface area (Å²) in [6.45, 7) is 0.0719. The lowest BCUT2D eigenvalue weighted by molar-refractivity contribution is 0.127. The summed E-state index contributed by atoms with van der Waals surface area (Å²) in [7, 11) is 0. The lowest BCUT2D eigenvalue weighted by Gasteiger charge is -2.15. The number of carbonyl (C=O) groups excluding carboxylic acids is 1. The van der Waals surface area contributed by atoms with Crippen molar-refractivity contribution < 1.29 is 19.7 Å². The molecule has 5 heteroatoms. The summed E-state index contributed by atoms with van der Waals surface area (Å²) in [4.78, 5) is 11.4. The Labute approximate surface area is 106 Å². The Balaban J connectivity index is 2.28. The van der Waals surface area contributed by atoms with Crippen molar-refractivity contribution in [2.45, 2.75) is 25.5 Å². The van der Waals surface area contributed by atoms with Crippen molar-refractivity contribution in [3.8, 4) is 0 Å². The van der Waals surface area contributed by atoms with E-state index in [1.807, 2.05) is 30.3 Å². The van der Waals surface area contributed by atoms with Crippen LogP contribution < -0.4 is 5.32 Å². The molecule has 0 aromatic heterocycles. The first-order chi connectivity index (χ1) is 8.76. The molecule has 1 unspecified atom stereocenters. The van der Waals surface area contributed by atoms with E-state index < -0.39 is 6.09 Å². The molecule has 1 amide bonds. The molecule has 0 aliphatic carbocycles. The molecule has 5 nitrogen and oxygen atoms in total. The van der Waals surface area contributed by atoms with Crippen molar-refractivity contribution in [2.75, 3.05) is 13.2 Å². The highest BCUT2D eigenvalue weighted by atomic mass is 16.5. The van der Waals surface area contributed by atoms with E-state index >= 15 is 0 Å². The van der Waals surface area contributed by atoms with Gasteiger partial charge in [-0.05, 0) is 18.4 Å². The molecule has 0 saturated heterocycles. The molecule has 0 spiro atoms. The van der Waals surface area contributed by atoms with Gasteiger partial charge < -0.3 is 20.3 Å². The summed E-state index contributed by atoms with van der Waals surface area (Å²) in [6.07, 6.45) is 0.494. The van der Waals surface area contributed by atoms with Crippen LogP contribution in [0.15, 0.2) is 30.3 Å². The Bertz CT molecular complexity index is 342. The molecule has 0 heterocycles. The standard InChI is InChI=1S/C13H19NO4/c15-8-4-7-12(9-16)14-13(17)18-10-11-5-2-1-3-6-11/h1-3,5-6,12,15-16H,4,7-10H2,(H,14,17). The molecule has 1 aromatic rings. The summed E-state index contributed by atoms with van der Waals surface area (Å²) in [6, 6.07) is 8.98. The number of aliphatic hydroxyl groups is 2. The van der Waals surface area contributed by atoms with E-state index in [1.165, 1.54) is 0 Å². The third kappa shape index (κ3) is 5.65. The Kier molecular flexibility index (Phi) is 6.83. The van der Waals surface area contributed by atoms with Gasteiger partial charge in [0.2, 0.25) is 0 Å². The molecule has 0 aliphatic heterocycles. The van der Waals surface area contributed by atoms with Crippen LogP contribution in [-0.4, -0.2) is 35.6 Å². The number of amides is 1. The van der Waals surface area contributed by atoms with Crippen LogP contribution in [0.3, 0.4) is 0 Å². The normalized spacial score (nSPS) is 11.9. The van der Waals surface area contributed by atoms with Crippen molar-refractivity contribution in [3.63, 3.8) is 0 Å². The Morgan fingerprint density at radius 1 is 1.28 bits per heavy atom. The van der Waals surface area contributed by atoms with E-state index in [0.717, 1.165) is 5.56 Å². The van der Waals surface area contributed by atoms with Crippen LogP contribution in [0.4, 0.5) is 4.79 Å². The minimum absolute atomic E-state index is 0.0389. The zero-order valence-electron chi connectivity index (χ0n) is 10.2. The van der Waals surface area contributed by atoms with Gasteiger partial charge in [0, 0.05) is 6.61 Å². The number of hydrogen-bond donors (Lipinski definition) is 3. The van der Waals surface area contributed by atoms with Gasteiger partial charge in [-0.15, -0.1) is 0 Å². The van der Waals surface area contributed by atoms with Gasteiger partial charge in [-0.2, -0.15) is 0 Å². The Morgan fingerprint density at radius 2 is 2.00 bits per heavy atom. The van der Waals surface area contributed by atoms with Gasteiger partial charge in [-0.25, -0.2) is 4.79 Å². The fourth-order valence-electron chi connectivity index (χ4n) is 1.48. The summed E-state index contributed by atoms with van der Waals surface area (Å²) in [5.41, 5.74) is 0.906. The highest BCUT2D eigenvalue weighted by Gasteiger charge is 2.11. The summed E-state index contributed by atoms with van der Waals surface area (Å²) in [5.74, 6) is 0. The first-order valence-corrected chi connectivity index (χ1v) is 5.95. The summed E-state index contributed by atoms with van der Waals surface area (Å²) >= 11 is 0. The average molecular weight is 253 g/mol. The van der Waals surface area contributed by atoms with E-state index in [2.05, 4.69) is 5.32 Å². The maximum Gasteiger partial charge on any atom is 0.407 e. The molecule has 0 bridgehead atoms. The van der Waals surface area contributed by atoms with E-state index in [9.17, 15) is 4.79 Å². The predicted molar refractivity (Wildman–Crippen MR) is 67.0 cm³/mol. The van der Waals surface area contributed by atoms with Crippen LogP contribution >= 0.6 is 0 Å². The number of alkyl carbamates (subject to hydrolysis) is 1. The van der Waals surface area contributed by atoms with Crippen LogP contribution in [-0.2, 0) is 11.3 Å². The van der Waals surface area contributed by atoms with Gasteiger partial charge in [-0.3, -0.25) is 0 Å². The van der Waals surface area contributed by atoms with Crippen molar-refractivity contribution in [2.24, 2.45) is 0 Å². The van der Waals surface area contributed by atoms with Crippen LogP contribution in [0.5, 0.6) is 0 Å². The number of rotatable bonds is 7. The number of nitrogens with one attached hydrogen (secondary N) is 1. The van der Waals surface area contributed by atoms with Crippen LogP contribution in [0.2, 0.25) is 0 Å². The third-order valence-corrected chi connectivity index (χ3v) is 2.47. The third-order valence-electron chi connectivity index (χ3n) is 2.47. The smallest absolute Gasteiger partial charge is 0.407 e. The molecular formula is C13H19NO4. The first kappa shape index (κ1) is 14.5. The highest BCUT2D eigenvalue weighted by molar-refractivity contribution is 5.67. The van der Waals surface area contributed by atoms with Gasteiger partial charge in [0.05, 0.1) is 12.6 Å². The first-order valence-electron chi connectivity index (χ1n) is 5.95. The fraction of sp³-hybridized carbons (Fsp3) is 0.462. The molecule has 1 rings (SSSR count). The molecule has 100 valence electrons. The number of hydrogen-bond acceptors (Lipinski definition) is 4. The van der Waals surface area contributed by atoms with Gasteiger partial charge in [0.25, 0.3) is 0 Å². The molecule has 0 radical (unpaired) electrons. The van der Waals surface area contributed by atoms with E-state index in [-0.39, 0.29) is 25.9 Å². The quantitative estimate of drug-likeness (QED) is 0.678. The second-order valence-corrected chi connectivity index (χ2v) is 3.95. The number of ether oxygens (including phenoxy) is 1. The fourth-order valence-corrected chi connectivity index (χ4v) is 1.48. The Hall–Kier alpha value is -1.59. The van der Waals surface area contributed by atoms with Crippen molar-refractivity contribution in [1.29, 1.82) is 0 Å². The lowest BCUT2D eigenvalue weighted by atomic mass is 10.2. The summed E-state index contributed by atoms with van der Waals surface area (Å²) < 4.78 is 5.02. The second-order valence-electron chi connectivity index (χ2n) is 3.95. The van der Waals surface area contributed by atoms with E-state index in [0.29, 0.717) is 12.8 Å². The molecule has 18 heavy (non-hydrogen) atoms. The molecule has 1 atom stereocenters. The Morgan fingerprint density at radius 3 is 2.61 bits per heavy atom. The number of benzene rings is 1. The molecule has 0 saturated carbocycles. The molecule has 0 fully saturated rings. The minimum Gasteiger partial charge on any atom is -0.445 e. The number of aliphatic hydroxyl groups excluding tert-OH is 2. The maximum absolute atomic E-state index is 11.4. The molecule has 0 aliphatic rings. The van der Waals surface area contributed by atoms with Crippen molar-refractivity contribution >= 4 is 6.09 Å². The van der Waals surface area contributed by atoms with Gasteiger partial charge >= 0.3 is 6.09 Å².